The van der Waals surface area contributed by atoms with Gasteiger partial charge in [-0.1, -0.05) is 30.3 Å². The predicted molar refractivity (Wildman–Crippen MR) is 112 cm³/mol. The van der Waals surface area contributed by atoms with Crippen LogP contribution in [0.25, 0.3) is 22.1 Å². The van der Waals surface area contributed by atoms with Crippen LogP contribution in [0.4, 0.5) is 0 Å². The maximum absolute atomic E-state index is 12.4. The number of likely N-dealkylation sites (tertiary alicyclic amines) is 1. The van der Waals surface area contributed by atoms with Gasteiger partial charge in [0.05, 0.1) is 5.56 Å². The normalized spacial score (nSPS) is 15.4. The van der Waals surface area contributed by atoms with E-state index in [0.717, 1.165) is 43.4 Å². The molecule has 0 saturated carbocycles. The Kier molecular flexibility index (Phi) is 5.62. The SMILES string of the molecule is NC(=O)C1CCN(CCOc2ccc3cc(-c4ccccc4)c(=O)oc3c2)CC1. The van der Waals surface area contributed by atoms with E-state index in [1.54, 1.807) is 6.07 Å². The highest BCUT2D eigenvalue weighted by molar-refractivity contribution is 5.82. The van der Waals surface area contributed by atoms with Gasteiger partial charge in [0.2, 0.25) is 5.91 Å². The average molecular weight is 392 g/mol. The molecule has 1 aliphatic rings. The van der Waals surface area contributed by atoms with Crippen LogP contribution in [0.1, 0.15) is 12.8 Å². The summed E-state index contributed by atoms with van der Waals surface area (Å²) in [5, 5.41) is 0.851. The molecule has 0 radical (unpaired) electrons. The van der Waals surface area contributed by atoms with Crippen LogP contribution in [-0.2, 0) is 4.79 Å². The van der Waals surface area contributed by atoms with Crippen molar-refractivity contribution < 1.29 is 13.9 Å². The maximum Gasteiger partial charge on any atom is 0.344 e. The second-order valence-corrected chi connectivity index (χ2v) is 7.38. The fraction of sp³-hybridized carbons (Fsp3) is 0.304. The Morgan fingerprint density at radius 2 is 1.86 bits per heavy atom. The molecule has 1 aromatic heterocycles. The van der Waals surface area contributed by atoms with Crippen molar-refractivity contribution in [3.63, 3.8) is 0 Å². The fourth-order valence-electron chi connectivity index (χ4n) is 3.73. The minimum absolute atomic E-state index is 0.00340. The molecule has 2 N–H and O–H groups in total. The number of primary amides is 1. The van der Waals surface area contributed by atoms with Gasteiger partial charge in [-0.15, -0.1) is 0 Å². The zero-order chi connectivity index (χ0) is 20.2. The van der Waals surface area contributed by atoms with Crippen LogP contribution in [-0.4, -0.2) is 37.0 Å². The highest BCUT2D eigenvalue weighted by atomic mass is 16.5. The van der Waals surface area contributed by atoms with Crippen LogP contribution in [0.15, 0.2) is 63.8 Å². The summed E-state index contributed by atoms with van der Waals surface area (Å²) in [5.41, 5.74) is 6.90. The van der Waals surface area contributed by atoms with Crippen molar-refractivity contribution in [1.82, 2.24) is 4.90 Å². The summed E-state index contributed by atoms with van der Waals surface area (Å²) in [5.74, 6) is 0.463. The standard InChI is InChI=1S/C23H24N2O4/c24-22(26)17-8-10-25(11-9-17)12-13-28-19-7-6-18-14-20(16-4-2-1-3-5-16)23(27)29-21(18)15-19/h1-7,14-15,17H,8-13H2,(H2,24,26). The Morgan fingerprint density at radius 1 is 1.10 bits per heavy atom. The van der Waals surface area contributed by atoms with E-state index in [0.29, 0.717) is 23.5 Å². The molecule has 0 aliphatic carbocycles. The summed E-state index contributed by atoms with van der Waals surface area (Å²) in [7, 11) is 0. The summed E-state index contributed by atoms with van der Waals surface area (Å²) in [6.45, 7) is 3.01. The summed E-state index contributed by atoms with van der Waals surface area (Å²) in [4.78, 5) is 25.9. The van der Waals surface area contributed by atoms with Gasteiger partial charge >= 0.3 is 5.63 Å². The van der Waals surface area contributed by atoms with Gasteiger partial charge in [0.15, 0.2) is 0 Å². The zero-order valence-electron chi connectivity index (χ0n) is 16.2. The summed E-state index contributed by atoms with van der Waals surface area (Å²) in [6.07, 6.45) is 1.61. The number of hydrogen-bond donors (Lipinski definition) is 1. The van der Waals surface area contributed by atoms with Crippen molar-refractivity contribution in [2.75, 3.05) is 26.2 Å². The smallest absolute Gasteiger partial charge is 0.344 e. The predicted octanol–water partition coefficient (Wildman–Crippen LogP) is 3.04. The van der Waals surface area contributed by atoms with Crippen LogP contribution in [0.3, 0.4) is 0 Å². The second kappa shape index (κ2) is 8.49. The van der Waals surface area contributed by atoms with Crippen LogP contribution in [0.2, 0.25) is 0 Å². The van der Waals surface area contributed by atoms with E-state index in [9.17, 15) is 9.59 Å². The Hall–Kier alpha value is -3.12. The number of nitrogens with zero attached hydrogens (tertiary/aromatic N) is 1. The van der Waals surface area contributed by atoms with Gasteiger partial charge in [-0.3, -0.25) is 9.69 Å². The third-order valence-corrected chi connectivity index (χ3v) is 5.46. The molecule has 3 aromatic rings. The first-order valence-electron chi connectivity index (χ1n) is 9.88. The van der Waals surface area contributed by atoms with E-state index >= 15 is 0 Å². The molecule has 6 heteroatoms. The van der Waals surface area contributed by atoms with Gasteiger partial charge in [-0.05, 0) is 49.7 Å². The number of piperidine rings is 1. The number of amides is 1. The van der Waals surface area contributed by atoms with Crippen LogP contribution >= 0.6 is 0 Å². The van der Waals surface area contributed by atoms with Crippen molar-refractivity contribution in [3.05, 3.63) is 65.0 Å². The molecule has 2 heterocycles. The molecule has 0 bridgehead atoms. The number of nitrogens with two attached hydrogens (primary N) is 1. The van der Waals surface area contributed by atoms with E-state index in [1.807, 2.05) is 48.5 Å². The number of hydrogen-bond acceptors (Lipinski definition) is 5. The van der Waals surface area contributed by atoms with Gasteiger partial charge < -0.3 is 14.9 Å². The Morgan fingerprint density at radius 3 is 2.59 bits per heavy atom. The van der Waals surface area contributed by atoms with E-state index < -0.39 is 0 Å². The van der Waals surface area contributed by atoms with E-state index in [2.05, 4.69) is 4.90 Å². The van der Waals surface area contributed by atoms with Gasteiger partial charge in [-0.25, -0.2) is 4.79 Å². The lowest BCUT2D eigenvalue weighted by Gasteiger charge is -2.30. The maximum atomic E-state index is 12.4. The molecule has 1 saturated heterocycles. The molecule has 6 nitrogen and oxygen atoms in total. The first-order valence-corrected chi connectivity index (χ1v) is 9.88. The van der Waals surface area contributed by atoms with Crippen molar-refractivity contribution in [2.45, 2.75) is 12.8 Å². The van der Waals surface area contributed by atoms with Crippen molar-refractivity contribution in [1.29, 1.82) is 0 Å². The number of ether oxygens (including phenoxy) is 1. The lowest BCUT2D eigenvalue weighted by Crippen LogP contribution is -2.40. The number of fused-ring (bicyclic) bond motifs is 1. The molecular formula is C23H24N2O4. The summed E-state index contributed by atoms with van der Waals surface area (Å²) in [6, 6.07) is 16.9. The van der Waals surface area contributed by atoms with Crippen LogP contribution in [0, 0.1) is 5.92 Å². The van der Waals surface area contributed by atoms with Crippen molar-refractivity contribution >= 4 is 16.9 Å². The molecule has 1 amide bonds. The van der Waals surface area contributed by atoms with E-state index in [-0.39, 0.29) is 17.5 Å². The highest BCUT2D eigenvalue weighted by Crippen LogP contribution is 2.24. The molecule has 0 atom stereocenters. The second-order valence-electron chi connectivity index (χ2n) is 7.38. The fourth-order valence-corrected chi connectivity index (χ4v) is 3.73. The first-order chi connectivity index (χ1) is 14.1. The highest BCUT2D eigenvalue weighted by Gasteiger charge is 2.22. The lowest BCUT2D eigenvalue weighted by molar-refractivity contribution is -0.123. The number of carbonyl (C=O) groups excluding carboxylic acids is 1. The Bertz CT molecular complexity index is 1050. The van der Waals surface area contributed by atoms with Crippen molar-refractivity contribution in [2.24, 2.45) is 11.7 Å². The van der Waals surface area contributed by atoms with Gasteiger partial charge in [0.1, 0.15) is 17.9 Å². The number of carbonyl (C=O) groups is 1. The third kappa shape index (κ3) is 4.49. The monoisotopic (exact) mass is 392 g/mol. The topological polar surface area (TPSA) is 85.8 Å². The molecule has 150 valence electrons. The van der Waals surface area contributed by atoms with Crippen LogP contribution in [0.5, 0.6) is 5.75 Å². The van der Waals surface area contributed by atoms with Gasteiger partial charge in [0.25, 0.3) is 0 Å². The van der Waals surface area contributed by atoms with Crippen molar-refractivity contribution in [3.8, 4) is 16.9 Å². The minimum Gasteiger partial charge on any atom is -0.492 e. The summed E-state index contributed by atoms with van der Waals surface area (Å²) < 4.78 is 11.4. The molecule has 4 rings (SSSR count). The zero-order valence-corrected chi connectivity index (χ0v) is 16.2. The largest absolute Gasteiger partial charge is 0.492 e. The number of benzene rings is 2. The number of rotatable bonds is 6. The molecule has 2 aromatic carbocycles. The lowest BCUT2D eigenvalue weighted by atomic mass is 9.96. The Labute approximate surface area is 168 Å². The minimum atomic E-state index is -0.363. The van der Waals surface area contributed by atoms with Gasteiger partial charge in [-0.2, -0.15) is 0 Å². The van der Waals surface area contributed by atoms with Crippen LogP contribution < -0.4 is 16.1 Å². The van der Waals surface area contributed by atoms with E-state index in [1.165, 1.54) is 0 Å². The molecule has 0 spiro atoms. The van der Waals surface area contributed by atoms with Gasteiger partial charge in [0, 0.05) is 23.9 Å². The first kappa shape index (κ1) is 19.2. The molecule has 0 unspecified atom stereocenters. The third-order valence-electron chi connectivity index (χ3n) is 5.46. The summed E-state index contributed by atoms with van der Waals surface area (Å²) >= 11 is 0. The molecule has 1 aliphatic heterocycles. The average Bonchev–Trinajstić information content (AvgIpc) is 2.74. The molecule has 29 heavy (non-hydrogen) atoms. The molecule has 1 fully saturated rings. The Balaban J connectivity index is 1.39. The molecular weight excluding hydrogens is 368 g/mol. The van der Waals surface area contributed by atoms with E-state index in [4.69, 9.17) is 14.9 Å². The quantitative estimate of drug-likeness (QED) is 0.652.